The molecule has 3 heteroatoms. The van der Waals surface area contributed by atoms with Crippen LogP contribution in [0.5, 0.6) is 0 Å². The number of hydrogen-bond donors (Lipinski definition) is 0. The number of nitriles is 1. The molecule has 0 aromatic carbocycles. The van der Waals surface area contributed by atoms with Gasteiger partial charge in [0, 0.05) is 11.3 Å². The fraction of sp³-hybridized carbons (Fsp3) is 0.714. The van der Waals surface area contributed by atoms with Crippen LogP contribution in [0, 0.1) is 11.3 Å². The summed E-state index contributed by atoms with van der Waals surface area (Å²) in [7, 11) is 0. The van der Waals surface area contributed by atoms with Crippen molar-refractivity contribution < 1.29 is 0 Å². The van der Waals surface area contributed by atoms with Gasteiger partial charge in [-0.1, -0.05) is 40.0 Å². The van der Waals surface area contributed by atoms with Gasteiger partial charge in [0.25, 0.3) is 0 Å². The fourth-order valence-electron chi connectivity index (χ4n) is 2.44. The van der Waals surface area contributed by atoms with E-state index in [9.17, 15) is 5.26 Å². The van der Waals surface area contributed by atoms with Gasteiger partial charge in [0.2, 0.25) is 0 Å². The van der Waals surface area contributed by atoms with Crippen LogP contribution >= 0.6 is 11.3 Å². The van der Waals surface area contributed by atoms with Crippen molar-refractivity contribution in [2.24, 2.45) is 0 Å². The summed E-state index contributed by atoms with van der Waals surface area (Å²) >= 11 is 1.62. The molecule has 1 aliphatic rings. The largest absolute Gasteiger partial charge is 0.244 e. The maximum atomic E-state index is 9.21. The second-order valence-corrected chi connectivity index (χ2v) is 6.96. The van der Waals surface area contributed by atoms with Gasteiger partial charge in [-0.2, -0.15) is 5.26 Å². The molecule has 0 spiro atoms. The first kappa shape index (κ1) is 12.6. The van der Waals surface area contributed by atoms with Gasteiger partial charge in [0.15, 0.2) is 0 Å². The van der Waals surface area contributed by atoms with E-state index in [0.29, 0.717) is 5.92 Å². The Labute approximate surface area is 108 Å². The van der Waals surface area contributed by atoms with Crippen molar-refractivity contribution in [2.75, 3.05) is 0 Å². The van der Waals surface area contributed by atoms with Gasteiger partial charge >= 0.3 is 0 Å². The molecule has 0 amide bonds. The molecule has 0 bridgehead atoms. The molecule has 1 aromatic rings. The maximum absolute atomic E-state index is 9.21. The van der Waals surface area contributed by atoms with Gasteiger partial charge in [-0.05, 0) is 12.8 Å². The molecule has 0 atom stereocenters. The topological polar surface area (TPSA) is 36.7 Å². The minimum atomic E-state index is -0.0194. The Morgan fingerprint density at radius 2 is 1.88 bits per heavy atom. The number of rotatable bonds is 1. The van der Waals surface area contributed by atoms with Crippen molar-refractivity contribution in [1.82, 2.24) is 4.98 Å². The van der Waals surface area contributed by atoms with E-state index >= 15 is 0 Å². The molecule has 1 heterocycles. The van der Waals surface area contributed by atoms with Crippen LogP contribution in [0.1, 0.15) is 74.4 Å². The standard InChI is InChI=1S/C14H20N2S/c1-14(2,3)12-11(9-15)17-13(16-12)10-7-5-4-6-8-10/h10H,4-8H2,1-3H3. The lowest BCUT2D eigenvalue weighted by Gasteiger charge is -2.19. The van der Waals surface area contributed by atoms with E-state index in [1.807, 2.05) is 0 Å². The third-order valence-corrected chi connectivity index (χ3v) is 4.53. The zero-order chi connectivity index (χ0) is 12.5. The summed E-state index contributed by atoms with van der Waals surface area (Å²) in [5.41, 5.74) is 0.972. The molecule has 1 saturated carbocycles. The lowest BCUT2D eigenvalue weighted by atomic mass is 9.89. The van der Waals surface area contributed by atoms with E-state index in [1.165, 1.54) is 37.1 Å². The summed E-state index contributed by atoms with van der Waals surface area (Å²) in [6.45, 7) is 6.40. The Kier molecular flexibility index (Phi) is 3.53. The zero-order valence-electron chi connectivity index (χ0n) is 10.9. The molecule has 92 valence electrons. The Balaban J connectivity index is 2.31. The highest BCUT2D eigenvalue weighted by molar-refractivity contribution is 7.12. The molecule has 2 rings (SSSR count). The Hall–Kier alpha value is -0.880. The number of hydrogen-bond acceptors (Lipinski definition) is 3. The summed E-state index contributed by atoms with van der Waals surface area (Å²) in [6.07, 6.45) is 6.50. The average molecular weight is 248 g/mol. The molecule has 2 nitrogen and oxygen atoms in total. The zero-order valence-corrected chi connectivity index (χ0v) is 11.7. The lowest BCUT2D eigenvalue weighted by molar-refractivity contribution is 0.440. The third kappa shape index (κ3) is 2.69. The van der Waals surface area contributed by atoms with Crippen molar-refractivity contribution in [3.8, 4) is 6.07 Å². The van der Waals surface area contributed by atoms with E-state index < -0.39 is 0 Å². The van der Waals surface area contributed by atoms with E-state index in [1.54, 1.807) is 11.3 Å². The van der Waals surface area contributed by atoms with E-state index in [4.69, 9.17) is 4.98 Å². The molecular formula is C14H20N2S. The van der Waals surface area contributed by atoms with Crippen LogP contribution in [0.15, 0.2) is 0 Å². The first-order chi connectivity index (χ1) is 8.02. The summed E-state index contributed by atoms with van der Waals surface area (Å²) < 4.78 is 0. The quantitative estimate of drug-likeness (QED) is 0.740. The SMILES string of the molecule is CC(C)(C)c1nc(C2CCCCC2)sc1C#N. The van der Waals surface area contributed by atoms with E-state index in [-0.39, 0.29) is 5.41 Å². The van der Waals surface area contributed by atoms with Crippen molar-refractivity contribution in [2.45, 2.75) is 64.2 Å². The minimum Gasteiger partial charge on any atom is -0.244 e. The first-order valence-electron chi connectivity index (χ1n) is 6.43. The van der Waals surface area contributed by atoms with Crippen LogP contribution < -0.4 is 0 Å². The van der Waals surface area contributed by atoms with Gasteiger partial charge in [-0.3, -0.25) is 0 Å². The van der Waals surface area contributed by atoms with Crippen LogP contribution in [0.4, 0.5) is 0 Å². The highest BCUT2D eigenvalue weighted by atomic mass is 32.1. The molecule has 0 aliphatic heterocycles. The Morgan fingerprint density at radius 1 is 1.24 bits per heavy atom. The summed E-state index contributed by atoms with van der Waals surface area (Å²) in [5, 5.41) is 10.4. The van der Waals surface area contributed by atoms with Crippen molar-refractivity contribution >= 4 is 11.3 Å². The maximum Gasteiger partial charge on any atom is 0.128 e. The molecule has 1 aromatic heterocycles. The summed E-state index contributed by atoms with van der Waals surface area (Å²) in [6, 6.07) is 2.32. The Morgan fingerprint density at radius 3 is 2.35 bits per heavy atom. The van der Waals surface area contributed by atoms with Gasteiger partial charge in [-0.25, -0.2) is 4.98 Å². The van der Waals surface area contributed by atoms with Crippen LogP contribution in [0.3, 0.4) is 0 Å². The van der Waals surface area contributed by atoms with Gasteiger partial charge in [0.1, 0.15) is 10.9 Å². The predicted molar refractivity (Wildman–Crippen MR) is 71.4 cm³/mol. The van der Waals surface area contributed by atoms with Crippen LogP contribution in [-0.4, -0.2) is 4.98 Å². The third-order valence-electron chi connectivity index (χ3n) is 3.41. The second-order valence-electron chi connectivity index (χ2n) is 5.93. The van der Waals surface area contributed by atoms with Crippen LogP contribution in [0.25, 0.3) is 0 Å². The number of thiazole rings is 1. The summed E-state index contributed by atoms with van der Waals surface area (Å²) in [4.78, 5) is 5.59. The van der Waals surface area contributed by atoms with Crippen molar-refractivity contribution in [3.63, 3.8) is 0 Å². The molecule has 0 radical (unpaired) electrons. The van der Waals surface area contributed by atoms with Gasteiger partial charge < -0.3 is 0 Å². The van der Waals surface area contributed by atoms with E-state index in [0.717, 1.165) is 10.6 Å². The van der Waals surface area contributed by atoms with Crippen LogP contribution in [-0.2, 0) is 5.41 Å². The number of aromatic nitrogens is 1. The molecule has 0 unspecified atom stereocenters. The first-order valence-corrected chi connectivity index (χ1v) is 7.25. The molecule has 1 aliphatic carbocycles. The normalized spacial score (nSPS) is 18.0. The smallest absolute Gasteiger partial charge is 0.128 e. The molecular weight excluding hydrogens is 228 g/mol. The fourth-order valence-corrected chi connectivity index (χ4v) is 3.69. The highest BCUT2D eigenvalue weighted by Crippen LogP contribution is 2.38. The predicted octanol–water partition coefficient (Wildman–Crippen LogP) is 4.36. The lowest BCUT2D eigenvalue weighted by Crippen LogP contribution is -2.14. The molecule has 0 saturated heterocycles. The van der Waals surface area contributed by atoms with Crippen molar-refractivity contribution in [1.29, 1.82) is 5.26 Å². The second kappa shape index (κ2) is 4.78. The van der Waals surface area contributed by atoms with E-state index in [2.05, 4.69) is 26.8 Å². The molecule has 17 heavy (non-hydrogen) atoms. The summed E-state index contributed by atoms with van der Waals surface area (Å²) in [5.74, 6) is 0.608. The van der Waals surface area contributed by atoms with Gasteiger partial charge in [-0.15, -0.1) is 11.3 Å². The molecule has 0 N–H and O–H groups in total. The minimum absolute atomic E-state index is 0.0194. The average Bonchev–Trinajstić information content (AvgIpc) is 2.74. The van der Waals surface area contributed by atoms with Crippen molar-refractivity contribution in [3.05, 3.63) is 15.6 Å². The molecule has 1 fully saturated rings. The van der Waals surface area contributed by atoms with Gasteiger partial charge in [0.05, 0.1) is 10.7 Å². The Bertz CT molecular complexity index is 428. The highest BCUT2D eigenvalue weighted by Gasteiger charge is 2.26. The van der Waals surface area contributed by atoms with Crippen LogP contribution in [0.2, 0.25) is 0 Å². The number of nitrogens with zero attached hydrogens (tertiary/aromatic N) is 2. The monoisotopic (exact) mass is 248 g/mol.